The second-order valence-electron chi connectivity index (χ2n) is 4.91. The molecule has 0 amide bonds. The molecular formula is C16H15FN4O. The molecule has 0 spiro atoms. The lowest BCUT2D eigenvalue weighted by Gasteiger charge is -2.15. The topological polar surface area (TPSA) is 85.6 Å². The van der Waals surface area contributed by atoms with E-state index in [0.29, 0.717) is 30.8 Å². The largest absolute Gasteiger partial charge is 0.380 e. The molecule has 112 valence electrons. The van der Waals surface area contributed by atoms with Crippen molar-refractivity contribution in [1.82, 2.24) is 9.55 Å². The summed E-state index contributed by atoms with van der Waals surface area (Å²) in [5.74, 6) is -0.308. The van der Waals surface area contributed by atoms with Crippen LogP contribution in [-0.2, 0) is 6.54 Å². The van der Waals surface area contributed by atoms with Crippen LogP contribution in [0.1, 0.15) is 30.3 Å². The smallest absolute Gasteiger partial charge is 0.142 e. The maximum Gasteiger partial charge on any atom is 0.142 e. The minimum Gasteiger partial charge on any atom is -0.380 e. The van der Waals surface area contributed by atoms with Crippen LogP contribution >= 0.6 is 0 Å². The standard InChI is InChI=1S/C16H15FN4O/c17-14-5-3-13(4-6-14)15(22)16-20-8-9-21(16)11-12(10-19)2-1-7-18/h3-6,8-9,12,15,22H,1-2,11H2/t12-,15-/m0/s1. The Morgan fingerprint density at radius 1 is 1.27 bits per heavy atom. The molecule has 1 heterocycles. The fourth-order valence-corrected chi connectivity index (χ4v) is 2.19. The zero-order chi connectivity index (χ0) is 15.9. The maximum absolute atomic E-state index is 12.9. The van der Waals surface area contributed by atoms with Crippen molar-refractivity contribution >= 4 is 0 Å². The molecule has 5 nitrogen and oxygen atoms in total. The summed E-state index contributed by atoms with van der Waals surface area (Å²) in [6.45, 7) is 0.353. The van der Waals surface area contributed by atoms with Gasteiger partial charge in [0.25, 0.3) is 0 Å². The fourth-order valence-electron chi connectivity index (χ4n) is 2.19. The van der Waals surface area contributed by atoms with Crippen molar-refractivity contribution < 1.29 is 9.50 Å². The SMILES string of the molecule is N#CCC[C@@H](C#N)Cn1ccnc1[C@@H](O)c1ccc(F)cc1. The van der Waals surface area contributed by atoms with E-state index in [-0.39, 0.29) is 11.7 Å². The predicted octanol–water partition coefficient (Wildman–Crippen LogP) is 2.55. The molecule has 0 saturated carbocycles. The van der Waals surface area contributed by atoms with Gasteiger partial charge in [-0.1, -0.05) is 12.1 Å². The third kappa shape index (κ3) is 3.69. The number of aliphatic hydroxyl groups excluding tert-OH is 1. The van der Waals surface area contributed by atoms with Crippen molar-refractivity contribution in [3.05, 3.63) is 53.9 Å². The molecule has 0 aliphatic heterocycles. The van der Waals surface area contributed by atoms with E-state index in [1.807, 2.05) is 6.07 Å². The lowest BCUT2D eigenvalue weighted by atomic mass is 10.0. The number of aliphatic hydroxyl groups is 1. The van der Waals surface area contributed by atoms with Gasteiger partial charge in [0.1, 0.15) is 17.7 Å². The van der Waals surface area contributed by atoms with E-state index in [9.17, 15) is 9.50 Å². The van der Waals surface area contributed by atoms with Gasteiger partial charge in [0.2, 0.25) is 0 Å². The van der Waals surface area contributed by atoms with Gasteiger partial charge in [0.15, 0.2) is 0 Å². The summed E-state index contributed by atoms with van der Waals surface area (Å²) in [7, 11) is 0. The van der Waals surface area contributed by atoms with Gasteiger partial charge < -0.3 is 9.67 Å². The summed E-state index contributed by atoms with van der Waals surface area (Å²) in [6, 6.07) is 9.72. The first-order chi connectivity index (χ1) is 10.7. The van der Waals surface area contributed by atoms with Crippen LogP contribution < -0.4 is 0 Å². The molecule has 22 heavy (non-hydrogen) atoms. The van der Waals surface area contributed by atoms with E-state index >= 15 is 0 Å². The minimum absolute atomic E-state index is 0.308. The Morgan fingerprint density at radius 2 is 2.00 bits per heavy atom. The first kappa shape index (κ1) is 15.7. The molecule has 0 unspecified atom stereocenters. The number of nitriles is 2. The molecule has 2 atom stereocenters. The zero-order valence-corrected chi connectivity index (χ0v) is 11.9. The van der Waals surface area contributed by atoms with E-state index in [2.05, 4.69) is 11.1 Å². The van der Waals surface area contributed by atoms with Gasteiger partial charge in [-0.05, 0) is 24.1 Å². The zero-order valence-electron chi connectivity index (χ0n) is 11.9. The van der Waals surface area contributed by atoms with Crippen LogP contribution in [0.4, 0.5) is 4.39 Å². The fraction of sp³-hybridized carbons (Fsp3) is 0.312. The van der Waals surface area contributed by atoms with Gasteiger partial charge in [-0.3, -0.25) is 0 Å². The van der Waals surface area contributed by atoms with Crippen molar-refractivity contribution in [3.8, 4) is 12.1 Å². The monoisotopic (exact) mass is 298 g/mol. The Labute approximate surface area is 127 Å². The maximum atomic E-state index is 12.9. The van der Waals surface area contributed by atoms with Crippen LogP contribution in [0.2, 0.25) is 0 Å². The van der Waals surface area contributed by atoms with Crippen molar-refractivity contribution in [1.29, 1.82) is 10.5 Å². The third-order valence-electron chi connectivity index (χ3n) is 3.38. The predicted molar refractivity (Wildman–Crippen MR) is 76.6 cm³/mol. The highest BCUT2D eigenvalue weighted by atomic mass is 19.1. The van der Waals surface area contributed by atoms with Gasteiger partial charge >= 0.3 is 0 Å². The van der Waals surface area contributed by atoms with Gasteiger partial charge in [0, 0.05) is 25.4 Å². The summed E-state index contributed by atoms with van der Waals surface area (Å²) in [5.41, 5.74) is 0.527. The van der Waals surface area contributed by atoms with Crippen LogP contribution in [0, 0.1) is 34.4 Å². The summed E-state index contributed by atoms with van der Waals surface area (Å²) < 4.78 is 14.6. The molecule has 0 aliphatic carbocycles. The first-order valence-corrected chi connectivity index (χ1v) is 6.87. The van der Waals surface area contributed by atoms with Gasteiger partial charge in [-0.2, -0.15) is 10.5 Å². The minimum atomic E-state index is -0.995. The number of hydrogen-bond donors (Lipinski definition) is 1. The van der Waals surface area contributed by atoms with Crippen molar-refractivity contribution in [2.45, 2.75) is 25.5 Å². The quantitative estimate of drug-likeness (QED) is 0.888. The summed E-state index contributed by atoms with van der Waals surface area (Å²) >= 11 is 0. The summed E-state index contributed by atoms with van der Waals surface area (Å²) in [6.07, 6.45) is 3.01. The molecule has 2 aromatic rings. The van der Waals surface area contributed by atoms with Gasteiger partial charge in [-0.25, -0.2) is 9.37 Å². The van der Waals surface area contributed by atoms with Crippen LogP contribution in [0.25, 0.3) is 0 Å². The average molecular weight is 298 g/mol. The molecule has 1 N–H and O–H groups in total. The molecule has 0 radical (unpaired) electrons. The number of hydrogen-bond acceptors (Lipinski definition) is 4. The van der Waals surface area contributed by atoms with E-state index < -0.39 is 6.10 Å². The van der Waals surface area contributed by atoms with Crippen molar-refractivity contribution in [2.24, 2.45) is 5.92 Å². The second kappa shape index (κ2) is 7.35. The van der Waals surface area contributed by atoms with E-state index in [1.54, 1.807) is 17.0 Å². The molecule has 0 bridgehead atoms. The van der Waals surface area contributed by atoms with Crippen molar-refractivity contribution in [3.63, 3.8) is 0 Å². The molecule has 2 rings (SSSR count). The lowest BCUT2D eigenvalue weighted by Crippen LogP contribution is -2.14. The number of rotatable bonds is 6. The normalized spacial score (nSPS) is 13.1. The third-order valence-corrected chi connectivity index (χ3v) is 3.38. The molecule has 0 aliphatic rings. The Bertz CT molecular complexity index is 696. The first-order valence-electron chi connectivity index (χ1n) is 6.87. The number of aromatic nitrogens is 2. The number of imidazole rings is 1. The van der Waals surface area contributed by atoms with E-state index in [4.69, 9.17) is 10.5 Å². The summed E-state index contributed by atoms with van der Waals surface area (Å²) in [4.78, 5) is 4.13. The van der Waals surface area contributed by atoms with Crippen molar-refractivity contribution in [2.75, 3.05) is 0 Å². The molecular weight excluding hydrogens is 283 g/mol. The van der Waals surface area contributed by atoms with Crippen LogP contribution in [-0.4, -0.2) is 14.7 Å². The average Bonchev–Trinajstić information content (AvgIpc) is 2.99. The van der Waals surface area contributed by atoms with E-state index in [0.717, 1.165) is 0 Å². The highest BCUT2D eigenvalue weighted by Gasteiger charge is 2.18. The highest BCUT2D eigenvalue weighted by Crippen LogP contribution is 2.22. The second-order valence-corrected chi connectivity index (χ2v) is 4.91. The number of halogens is 1. The Hall–Kier alpha value is -2.70. The molecule has 6 heteroatoms. The Kier molecular flexibility index (Phi) is 5.24. The Morgan fingerprint density at radius 3 is 2.64 bits per heavy atom. The van der Waals surface area contributed by atoms with Crippen LogP contribution in [0.15, 0.2) is 36.7 Å². The number of nitrogens with zero attached hydrogens (tertiary/aromatic N) is 4. The lowest BCUT2D eigenvalue weighted by molar-refractivity contribution is 0.203. The highest BCUT2D eigenvalue weighted by molar-refractivity contribution is 5.23. The van der Waals surface area contributed by atoms with E-state index in [1.165, 1.54) is 24.3 Å². The van der Waals surface area contributed by atoms with Gasteiger partial charge in [0.05, 0.1) is 18.1 Å². The van der Waals surface area contributed by atoms with Crippen LogP contribution in [0.3, 0.4) is 0 Å². The molecule has 1 aromatic heterocycles. The molecule has 0 fully saturated rings. The summed E-state index contributed by atoms with van der Waals surface area (Å²) in [5, 5.41) is 28.1. The van der Waals surface area contributed by atoms with Crippen LogP contribution in [0.5, 0.6) is 0 Å². The van der Waals surface area contributed by atoms with Gasteiger partial charge in [-0.15, -0.1) is 0 Å². The molecule has 1 aromatic carbocycles. The molecule has 0 saturated heterocycles. The Balaban J connectivity index is 2.16. The number of benzene rings is 1.